The molecule has 4 rings (SSSR count). The van der Waals surface area contributed by atoms with Gasteiger partial charge in [0.25, 0.3) is 5.91 Å². The fraction of sp³-hybridized carbons (Fsp3) is 0.200. The number of thioether (sulfide) groups is 1. The molecule has 0 aliphatic carbocycles. The lowest BCUT2D eigenvalue weighted by molar-refractivity contribution is -0.122. The van der Waals surface area contributed by atoms with Crippen LogP contribution < -0.4 is 0 Å². The van der Waals surface area contributed by atoms with Crippen molar-refractivity contribution in [2.24, 2.45) is 4.99 Å². The van der Waals surface area contributed by atoms with Crippen LogP contribution in [0.2, 0.25) is 10.0 Å². The fourth-order valence-corrected chi connectivity index (χ4v) is 4.50. The van der Waals surface area contributed by atoms with Crippen molar-refractivity contribution in [1.29, 1.82) is 0 Å². The lowest BCUT2D eigenvalue weighted by atomic mass is 10.2. The van der Waals surface area contributed by atoms with Crippen molar-refractivity contribution in [3.63, 3.8) is 0 Å². The number of benzene rings is 2. The van der Waals surface area contributed by atoms with Crippen molar-refractivity contribution in [3.05, 3.63) is 80.9 Å². The first-order valence-corrected chi connectivity index (χ1v) is 11.9. The fourth-order valence-electron chi connectivity index (χ4n) is 3.20. The third kappa shape index (κ3) is 5.12. The predicted molar refractivity (Wildman–Crippen MR) is 135 cm³/mol. The first kappa shape index (κ1) is 22.7. The molecule has 1 aliphatic heterocycles. The van der Waals surface area contributed by atoms with E-state index < -0.39 is 0 Å². The Kier molecular flexibility index (Phi) is 7.09. The molecule has 1 aromatic heterocycles. The quantitative estimate of drug-likeness (QED) is 0.333. The van der Waals surface area contributed by atoms with E-state index in [9.17, 15) is 4.79 Å². The molecule has 0 spiro atoms. The lowest BCUT2D eigenvalue weighted by Gasteiger charge is -2.14. The number of unbranched alkanes of at least 4 members (excludes halogenated alkanes) is 1. The third-order valence-electron chi connectivity index (χ3n) is 4.99. The van der Waals surface area contributed by atoms with Crippen LogP contribution in [-0.2, 0) is 4.79 Å². The van der Waals surface area contributed by atoms with Crippen LogP contribution in [0.15, 0.2) is 68.9 Å². The van der Waals surface area contributed by atoms with E-state index in [-0.39, 0.29) is 5.91 Å². The lowest BCUT2D eigenvalue weighted by Crippen LogP contribution is -2.30. The van der Waals surface area contributed by atoms with E-state index in [1.165, 1.54) is 17.3 Å². The van der Waals surface area contributed by atoms with Crippen molar-refractivity contribution >= 4 is 57.8 Å². The second kappa shape index (κ2) is 9.99. The van der Waals surface area contributed by atoms with Gasteiger partial charge in [-0.25, -0.2) is 4.99 Å². The summed E-state index contributed by atoms with van der Waals surface area (Å²) in [5.41, 5.74) is 2.82. The Bertz CT molecular complexity index is 1200. The van der Waals surface area contributed by atoms with Gasteiger partial charge in [-0.3, -0.25) is 9.69 Å². The minimum absolute atomic E-state index is 0.0539. The zero-order valence-electron chi connectivity index (χ0n) is 17.8. The molecule has 2 aromatic carbocycles. The van der Waals surface area contributed by atoms with Crippen LogP contribution in [0.3, 0.4) is 0 Å². The summed E-state index contributed by atoms with van der Waals surface area (Å²) in [6.45, 7) is 4.78. The molecule has 0 unspecified atom stereocenters. The van der Waals surface area contributed by atoms with Crippen molar-refractivity contribution in [2.75, 3.05) is 6.54 Å². The summed E-state index contributed by atoms with van der Waals surface area (Å²) in [5, 5.41) is 1.64. The van der Waals surface area contributed by atoms with Crippen LogP contribution in [0.1, 0.15) is 31.1 Å². The molecule has 0 N–H and O–H groups in total. The summed E-state index contributed by atoms with van der Waals surface area (Å²) in [5.74, 6) is 1.19. The number of carbonyl (C=O) groups excluding carboxylic acids is 1. The van der Waals surface area contributed by atoms with Crippen LogP contribution in [0.4, 0.5) is 5.69 Å². The Morgan fingerprint density at radius 3 is 2.56 bits per heavy atom. The van der Waals surface area contributed by atoms with Crippen LogP contribution in [-0.4, -0.2) is 22.5 Å². The van der Waals surface area contributed by atoms with Crippen molar-refractivity contribution < 1.29 is 9.21 Å². The molecule has 1 amide bonds. The van der Waals surface area contributed by atoms with Gasteiger partial charge in [-0.05, 0) is 67.6 Å². The number of amides is 1. The van der Waals surface area contributed by atoms with Crippen LogP contribution in [0.5, 0.6) is 0 Å². The number of halogens is 2. The summed E-state index contributed by atoms with van der Waals surface area (Å²) in [7, 11) is 0. The largest absolute Gasteiger partial charge is 0.457 e. The summed E-state index contributed by atoms with van der Waals surface area (Å²) in [6, 6.07) is 17.0. The molecular weight excluding hydrogens is 463 g/mol. The first-order valence-electron chi connectivity index (χ1n) is 10.4. The van der Waals surface area contributed by atoms with Gasteiger partial charge >= 0.3 is 0 Å². The van der Waals surface area contributed by atoms with Crippen molar-refractivity contribution in [1.82, 2.24) is 4.90 Å². The number of amidine groups is 1. The Labute approximate surface area is 201 Å². The van der Waals surface area contributed by atoms with Gasteiger partial charge in [0.05, 0.1) is 20.6 Å². The summed E-state index contributed by atoms with van der Waals surface area (Å²) in [4.78, 5) is 20.2. The normalized spacial score (nSPS) is 16.5. The Morgan fingerprint density at radius 1 is 1.06 bits per heavy atom. The topological polar surface area (TPSA) is 45.8 Å². The molecule has 164 valence electrons. The maximum Gasteiger partial charge on any atom is 0.266 e. The molecule has 1 saturated heterocycles. The zero-order chi connectivity index (χ0) is 22.7. The third-order valence-corrected chi connectivity index (χ3v) is 6.73. The Balaban J connectivity index is 1.61. The van der Waals surface area contributed by atoms with Crippen molar-refractivity contribution in [2.45, 2.75) is 26.7 Å². The number of nitrogens with zero attached hydrogens (tertiary/aromatic N) is 2. The molecule has 0 atom stereocenters. The summed E-state index contributed by atoms with van der Waals surface area (Å²) >= 11 is 13.5. The molecule has 4 nitrogen and oxygen atoms in total. The molecule has 0 bridgehead atoms. The summed E-state index contributed by atoms with van der Waals surface area (Å²) < 4.78 is 5.96. The maximum absolute atomic E-state index is 13.1. The molecule has 0 saturated carbocycles. The number of rotatable bonds is 6. The molecule has 3 aromatic rings. The second-order valence-corrected chi connectivity index (χ2v) is 9.31. The SMILES string of the molecule is CCCCN1C(=O)/C(=C\c2ccc(-c3ccc(Cl)c(Cl)c3)o2)SC1=Nc1ccc(C)cc1. The van der Waals surface area contributed by atoms with Gasteiger partial charge in [-0.15, -0.1) is 0 Å². The maximum atomic E-state index is 13.1. The molecule has 2 heterocycles. The average molecular weight is 485 g/mol. The standard InChI is InChI=1S/C25H22Cl2N2O2S/c1-3-4-13-29-24(30)23(32-25(29)28-18-8-5-16(2)6-9-18)15-19-10-12-22(31-19)17-7-11-20(26)21(27)14-17/h5-12,14-15H,3-4,13H2,1-2H3/b23-15+,28-25?. The number of hydrogen-bond donors (Lipinski definition) is 0. The second-order valence-electron chi connectivity index (χ2n) is 7.48. The van der Waals surface area contributed by atoms with Gasteiger partial charge in [0, 0.05) is 18.2 Å². The van der Waals surface area contributed by atoms with E-state index in [0.29, 0.717) is 38.2 Å². The minimum atomic E-state index is -0.0539. The smallest absolute Gasteiger partial charge is 0.266 e. The average Bonchev–Trinajstić information content (AvgIpc) is 3.35. The monoisotopic (exact) mass is 484 g/mol. The number of carbonyl (C=O) groups is 1. The zero-order valence-corrected chi connectivity index (χ0v) is 20.1. The van der Waals surface area contributed by atoms with Gasteiger partial charge in [-0.1, -0.05) is 54.2 Å². The molecule has 1 fully saturated rings. The van der Waals surface area contributed by atoms with E-state index in [1.807, 2.05) is 49.4 Å². The molecule has 32 heavy (non-hydrogen) atoms. The van der Waals surface area contributed by atoms with Gasteiger partial charge < -0.3 is 4.42 Å². The number of furan rings is 1. The van der Waals surface area contributed by atoms with Crippen molar-refractivity contribution in [3.8, 4) is 11.3 Å². The predicted octanol–water partition coefficient (Wildman–Crippen LogP) is 7.97. The number of hydrogen-bond acceptors (Lipinski definition) is 4. The number of aryl methyl sites for hydroxylation is 1. The Morgan fingerprint density at radius 2 is 1.84 bits per heavy atom. The van der Waals surface area contributed by atoms with Gasteiger partial charge in [0.2, 0.25) is 0 Å². The Hall–Kier alpha value is -2.47. The van der Waals surface area contributed by atoms with E-state index >= 15 is 0 Å². The first-order chi connectivity index (χ1) is 15.4. The highest BCUT2D eigenvalue weighted by Crippen LogP contribution is 2.36. The van der Waals surface area contributed by atoms with Gasteiger partial charge in [0.1, 0.15) is 11.5 Å². The minimum Gasteiger partial charge on any atom is -0.457 e. The van der Waals surface area contributed by atoms with Crippen LogP contribution >= 0.6 is 35.0 Å². The highest BCUT2D eigenvalue weighted by molar-refractivity contribution is 8.18. The van der Waals surface area contributed by atoms with E-state index in [2.05, 4.69) is 6.92 Å². The van der Waals surface area contributed by atoms with Crippen LogP contribution in [0, 0.1) is 6.92 Å². The number of aliphatic imine (C=N–C) groups is 1. The van der Waals surface area contributed by atoms with Gasteiger partial charge in [-0.2, -0.15) is 0 Å². The van der Waals surface area contributed by atoms with Crippen LogP contribution in [0.25, 0.3) is 17.4 Å². The summed E-state index contributed by atoms with van der Waals surface area (Å²) in [6.07, 6.45) is 3.68. The van der Waals surface area contributed by atoms with E-state index in [4.69, 9.17) is 32.6 Å². The molecule has 1 aliphatic rings. The van der Waals surface area contributed by atoms with E-state index in [1.54, 1.807) is 23.1 Å². The highest BCUT2D eigenvalue weighted by Gasteiger charge is 2.33. The molecule has 7 heteroatoms. The van der Waals surface area contributed by atoms with E-state index in [0.717, 1.165) is 24.1 Å². The molecular formula is C25H22Cl2N2O2S. The van der Waals surface area contributed by atoms with Gasteiger partial charge in [0.15, 0.2) is 5.17 Å². The molecule has 0 radical (unpaired) electrons. The highest BCUT2D eigenvalue weighted by atomic mass is 35.5.